The van der Waals surface area contributed by atoms with E-state index in [4.69, 9.17) is 11.6 Å². The van der Waals surface area contributed by atoms with E-state index in [1.165, 1.54) is 0 Å². The molecule has 4 atom stereocenters. The van der Waals surface area contributed by atoms with Crippen LogP contribution in [0.4, 0.5) is 0 Å². The van der Waals surface area contributed by atoms with Gasteiger partial charge in [0.05, 0.1) is 17.6 Å². The molecule has 0 aliphatic carbocycles. The Morgan fingerprint density at radius 2 is 2.10 bits per heavy atom. The van der Waals surface area contributed by atoms with Gasteiger partial charge in [0, 0.05) is 36.6 Å². The molecule has 0 aromatic heterocycles. The van der Waals surface area contributed by atoms with E-state index < -0.39 is 11.6 Å². The Balaban J connectivity index is 1.60. The fourth-order valence-electron chi connectivity index (χ4n) is 5.03. The highest BCUT2D eigenvalue weighted by Gasteiger charge is 2.48. The lowest BCUT2D eigenvalue weighted by molar-refractivity contribution is -0.131. The molecule has 0 saturated carbocycles. The van der Waals surface area contributed by atoms with Crippen LogP contribution in [-0.4, -0.2) is 61.0 Å². The van der Waals surface area contributed by atoms with E-state index in [2.05, 4.69) is 29.4 Å². The molecule has 0 radical (unpaired) electrons. The van der Waals surface area contributed by atoms with E-state index >= 15 is 0 Å². The summed E-state index contributed by atoms with van der Waals surface area (Å²) in [6, 6.07) is 6.94. The number of carbonyl (C=O) groups excluding carboxylic acids is 2. The third-order valence-electron chi connectivity index (χ3n) is 7.13. The summed E-state index contributed by atoms with van der Waals surface area (Å²) in [5, 5.41) is 18.4. The summed E-state index contributed by atoms with van der Waals surface area (Å²) in [7, 11) is 0. The van der Waals surface area contributed by atoms with E-state index in [0.717, 1.165) is 37.8 Å². The highest BCUT2D eigenvalue weighted by molar-refractivity contribution is 6.30. The molecular formula is C24H36ClN3O3. The van der Waals surface area contributed by atoms with Crippen molar-refractivity contribution in [3.63, 3.8) is 0 Å². The largest absolute Gasteiger partial charge is 0.385 e. The third kappa shape index (κ3) is 5.48. The molecule has 2 fully saturated rings. The lowest BCUT2D eigenvalue weighted by Gasteiger charge is -2.51. The number of halogens is 1. The second kappa shape index (κ2) is 9.99. The normalized spacial score (nSPS) is 28.5. The average Bonchev–Trinajstić information content (AvgIpc) is 2.75. The summed E-state index contributed by atoms with van der Waals surface area (Å²) in [6.07, 6.45) is 3.30. The van der Waals surface area contributed by atoms with Gasteiger partial charge < -0.3 is 25.4 Å². The first-order chi connectivity index (χ1) is 14.7. The van der Waals surface area contributed by atoms with Gasteiger partial charge in [-0.1, -0.05) is 44.5 Å². The van der Waals surface area contributed by atoms with Crippen molar-refractivity contribution in [1.29, 1.82) is 0 Å². The second-order valence-corrected chi connectivity index (χ2v) is 10.4. The number of carbonyl (C=O) groups is 2. The van der Waals surface area contributed by atoms with Crippen LogP contribution in [0.2, 0.25) is 5.02 Å². The molecule has 0 spiro atoms. The summed E-state index contributed by atoms with van der Waals surface area (Å²) < 4.78 is 0. The molecule has 3 rings (SSSR count). The zero-order chi connectivity index (χ0) is 22.6. The standard InChI is InChI=1S/C24H36ClN3O3/c1-17(21(15-29)27-22(30)18-5-4-11-26-13-18)14-28-12-10-24(31,23(2,3)16-28)19-6-8-20(25)9-7-19/h6-9,15,17-18,21,26,31H,4-5,10-14,16H2,1-3H3,(H,27,30)/t17-,18+,21?,24-/m0/s1. The number of rotatable bonds is 7. The lowest BCUT2D eigenvalue weighted by atomic mass is 9.66. The van der Waals surface area contributed by atoms with Gasteiger partial charge in [0.2, 0.25) is 5.91 Å². The van der Waals surface area contributed by atoms with Crippen molar-refractivity contribution in [2.75, 3.05) is 32.7 Å². The molecule has 7 heteroatoms. The number of nitrogens with zero attached hydrogens (tertiary/aromatic N) is 1. The van der Waals surface area contributed by atoms with Crippen LogP contribution in [0.3, 0.4) is 0 Å². The van der Waals surface area contributed by atoms with Gasteiger partial charge >= 0.3 is 0 Å². The van der Waals surface area contributed by atoms with E-state index in [0.29, 0.717) is 31.1 Å². The Morgan fingerprint density at radius 3 is 2.68 bits per heavy atom. The SMILES string of the molecule is C[C@@H](CN1CC[C@](O)(c2ccc(Cl)cc2)C(C)(C)C1)C(C=O)NC(=O)[C@@H]1CCCNC1. The van der Waals surface area contributed by atoms with Gasteiger partial charge in [-0.25, -0.2) is 0 Å². The summed E-state index contributed by atoms with van der Waals surface area (Å²) in [5.74, 6) is -0.116. The van der Waals surface area contributed by atoms with Crippen LogP contribution in [0.25, 0.3) is 0 Å². The summed E-state index contributed by atoms with van der Waals surface area (Å²) in [6.45, 7) is 9.89. The highest BCUT2D eigenvalue weighted by atomic mass is 35.5. The molecule has 2 aliphatic rings. The Morgan fingerprint density at radius 1 is 1.39 bits per heavy atom. The zero-order valence-corrected chi connectivity index (χ0v) is 19.6. The summed E-state index contributed by atoms with van der Waals surface area (Å²) >= 11 is 6.02. The van der Waals surface area contributed by atoms with Crippen molar-refractivity contribution < 1.29 is 14.7 Å². The monoisotopic (exact) mass is 449 g/mol. The van der Waals surface area contributed by atoms with Crippen molar-refractivity contribution in [1.82, 2.24) is 15.5 Å². The van der Waals surface area contributed by atoms with Crippen LogP contribution in [0, 0.1) is 17.3 Å². The van der Waals surface area contributed by atoms with E-state index in [-0.39, 0.29) is 23.2 Å². The number of piperidine rings is 2. The number of hydrogen-bond donors (Lipinski definition) is 3. The minimum atomic E-state index is -0.941. The topological polar surface area (TPSA) is 81.7 Å². The molecule has 2 saturated heterocycles. The van der Waals surface area contributed by atoms with Crippen molar-refractivity contribution >= 4 is 23.8 Å². The van der Waals surface area contributed by atoms with E-state index in [1.54, 1.807) is 0 Å². The number of benzene rings is 1. The Hall–Kier alpha value is -1.47. The van der Waals surface area contributed by atoms with Gasteiger partial charge in [0.25, 0.3) is 0 Å². The second-order valence-electron chi connectivity index (χ2n) is 9.93. The number of aldehydes is 1. The summed E-state index contributed by atoms with van der Waals surface area (Å²) in [5.41, 5.74) is -0.440. The molecule has 3 N–H and O–H groups in total. The molecule has 6 nitrogen and oxygen atoms in total. The molecule has 172 valence electrons. The quantitative estimate of drug-likeness (QED) is 0.557. The number of hydrogen-bond acceptors (Lipinski definition) is 5. The Kier molecular flexibility index (Phi) is 7.79. The van der Waals surface area contributed by atoms with Crippen LogP contribution in [0.1, 0.15) is 45.6 Å². The number of amides is 1. The third-order valence-corrected chi connectivity index (χ3v) is 7.38. The average molecular weight is 450 g/mol. The van der Waals surface area contributed by atoms with Crippen LogP contribution in [0.5, 0.6) is 0 Å². The van der Waals surface area contributed by atoms with E-state index in [9.17, 15) is 14.7 Å². The molecule has 31 heavy (non-hydrogen) atoms. The Labute approximate surface area is 190 Å². The van der Waals surface area contributed by atoms with Crippen LogP contribution in [0.15, 0.2) is 24.3 Å². The van der Waals surface area contributed by atoms with Crippen LogP contribution >= 0.6 is 11.6 Å². The maximum atomic E-state index is 12.6. The van der Waals surface area contributed by atoms with Gasteiger partial charge in [-0.05, 0) is 49.4 Å². The minimum Gasteiger partial charge on any atom is -0.385 e. The lowest BCUT2D eigenvalue weighted by Crippen LogP contribution is -2.57. The molecular weight excluding hydrogens is 414 g/mol. The van der Waals surface area contributed by atoms with Crippen LogP contribution < -0.4 is 10.6 Å². The molecule has 2 aliphatic heterocycles. The number of nitrogens with one attached hydrogen (secondary N) is 2. The molecule has 1 aromatic carbocycles. The minimum absolute atomic E-state index is 0.0180. The maximum absolute atomic E-state index is 12.6. The first-order valence-electron chi connectivity index (χ1n) is 11.3. The fraction of sp³-hybridized carbons (Fsp3) is 0.667. The number of likely N-dealkylation sites (tertiary alicyclic amines) is 1. The molecule has 1 unspecified atom stereocenters. The predicted molar refractivity (Wildman–Crippen MR) is 123 cm³/mol. The number of aliphatic hydroxyl groups is 1. The van der Waals surface area contributed by atoms with Crippen molar-refractivity contribution in [3.8, 4) is 0 Å². The van der Waals surface area contributed by atoms with Gasteiger partial charge in [-0.2, -0.15) is 0 Å². The first-order valence-corrected chi connectivity index (χ1v) is 11.7. The molecule has 0 bridgehead atoms. The molecule has 1 amide bonds. The smallest absolute Gasteiger partial charge is 0.224 e. The summed E-state index contributed by atoms with van der Waals surface area (Å²) in [4.78, 5) is 26.6. The van der Waals surface area contributed by atoms with Crippen molar-refractivity contribution in [2.24, 2.45) is 17.3 Å². The molecule has 1 aromatic rings. The van der Waals surface area contributed by atoms with Gasteiger partial charge in [-0.15, -0.1) is 0 Å². The van der Waals surface area contributed by atoms with Crippen LogP contribution in [-0.2, 0) is 15.2 Å². The zero-order valence-electron chi connectivity index (χ0n) is 18.9. The Bertz CT molecular complexity index is 764. The van der Waals surface area contributed by atoms with Gasteiger partial charge in [0.15, 0.2) is 0 Å². The van der Waals surface area contributed by atoms with E-state index in [1.807, 2.05) is 31.2 Å². The van der Waals surface area contributed by atoms with Gasteiger partial charge in [0.1, 0.15) is 6.29 Å². The highest BCUT2D eigenvalue weighted by Crippen LogP contribution is 2.46. The van der Waals surface area contributed by atoms with Crippen molar-refractivity contribution in [2.45, 2.75) is 51.7 Å². The maximum Gasteiger partial charge on any atom is 0.224 e. The predicted octanol–water partition coefficient (Wildman–Crippen LogP) is 2.58. The fourth-order valence-corrected chi connectivity index (χ4v) is 5.16. The molecule has 2 heterocycles. The first kappa shape index (κ1) is 24.2. The van der Waals surface area contributed by atoms with Crippen molar-refractivity contribution in [3.05, 3.63) is 34.9 Å². The van der Waals surface area contributed by atoms with Gasteiger partial charge in [-0.3, -0.25) is 4.79 Å².